The predicted octanol–water partition coefficient (Wildman–Crippen LogP) is 1.27. The summed E-state index contributed by atoms with van der Waals surface area (Å²) in [6.07, 6.45) is 2.48. The molecule has 0 aliphatic heterocycles. The lowest BCUT2D eigenvalue weighted by molar-refractivity contribution is -0.125. The van der Waals surface area contributed by atoms with Gasteiger partial charge in [0.15, 0.2) is 0 Å². The zero-order chi connectivity index (χ0) is 10.9. The Balaban J connectivity index is 2.40. The molecular formula is C11H22N2O. The van der Waals surface area contributed by atoms with E-state index in [1.807, 2.05) is 20.8 Å². The average molecular weight is 198 g/mol. The number of hydrogen-bond acceptors (Lipinski definition) is 2. The Morgan fingerprint density at radius 2 is 1.93 bits per heavy atom. The van der Waals surface area contributed by atoms with Crippen molar-refractivity contribution in [1.82, 2.24) is 5.32 Å². The SMILES string of the molecule is CC(NC(=O)[C@@H](N)C(C)(C)C)C1CC1. The molecule has 0 heterocycles. The maximum absolute atomic E-state index is 11.7. The van der Waals surface area contributed by atoms with Gasteiger partial charge in [0, 0.05) is 6.04 Å². The van der Waals surface area contributed by atoms with Crippen LogP contribution in [0, 0.1) is 11.3 Å². The van der Waals surface area contributed by atoms with Gasteiger partial charge in [-0.1, -0.05) is 20.8 Å². The molecule has 1 unspecified atom stereocenters. The fourth-order valence-corrected chi connectivity index (χ4v) is 1.42. The van der Waals surface area contributed by atoms with Crippen molar-refractivity contribution in [2.24, 2.45) is 17.1 Å². The van der Waals surface area contributed by atoms with Gasteiger partial charge in [-0.05, 0) is 31.1 Å². The van der Waals surface area contributed by atoms with Gasteiger partial charge in [0.25, 0.3) is 0 Å². The number of amides is 1. The molecule has 1 fully saturated rings. The first kappa shape index (κ1) is 11.5. The van der Waals surface area contributed by atoms with Crippen LogP contribution < -0.4 is 11.1 Å². The van der Waals surface area contributed by atoms with Crippen LogP contribution >= 0.6 is 0 Å². The van der Waals surface area contributed by atoms with Crippen molar-refractivity contribution in [3.05, 3.63) is 0 Å². The van der Waals surface area contributed by atoms with E-state index < -0.39 is 6.04 Å². The molecule has 1 amide bonds. The molecule has 3 nitrogen and oxygen atoms in total. The summed E-state index contributed by atoms with van der Waals surface area (Å²) in [7, 11) is 0. The molecule has 1 rings (SSSR count). The van der Waals surface area contributed by atoms with Crippen molar-refractivity contribution in [3.63, 3.8) is 0 Å². The molecule has 1 aliphatic rings. The normalized spacial score (nSPS) is 21.5. The van der Waals surface area contributed by atoms with Crippen LogP contribution in [0.3, 0.4) is 0 Å². The number of carbonyl (C=O) groups is 1. The van der Waals surface area contributed by atoms with E-state index in [0.717, 1.165) is 0 Å². The quantitative estimate of drug-likeness (QED) is 0.717. The second kappa shape index (κ2) is 3.89. The van der Waals surface area contributed by atoms with E-state index >= 15 is 0 Å². The molecule has 0 saturated heterocycles. The highest BCUT2D eigenvalue weighted by Gasteiger charge is 2.32. The average Bonchev–Trinajstić information content (AvgIpc) is 2.82. The lowest BCUT2D eigenvalue weighted by atomic mass is 9.87. The molecule has 82 valence electrons. The standard InChI is InChI=1S/C11H22N2O/c1-7(8-5-6-8)13-10(14)9(12)11(2,3)4/h7-9H,5-6,12H2,1-4H3,(H,13,14)/t7?,9-/m1/s1. The van der Waals surface area contributed by atoms with Gasteiger partial charge in [-0.25, -0.2) is 0 Å². The first-order valence-electron chi connectivity index (χ1n) is 5.38. The van der Waals surface area contributed by atoms with E-state index in [4.69, 9.17) is 5.73 Å². The fraction of sp³-hybridized carbons (Fsp3) is 0.909. The van der Waals surface area contributed by atoms with Crippen molar-refractivity contribution in [3.8, 4) is 0 Å². The summed E-state index contributed by atoms with van der Waals surface area (Å²) < 4.78 is 0. The van der Waals surface area contributed by atoms with Gasteiger partial charge in [0.1, 0.15) is 0 Å². The largest absolute Gasteiger partial charge is 0.352 e. The van der Waals surface area contributed by atoms with Crippen LogP contribution in [0.15, 0.2) is 0 Å². The molecule has 3 heteroatoms. The predicted molar refractivity (Wildman–Crippen MR) is 57.8 cm³/mol. The van der Waals surface area contributed by atoms with Crippen molar-refractivity contribution >= 4 is 5.91 Å². The Kier molecular flexibility index (Phi) is 3.20. The highest BCUT2D eigenvalue weighted by atomic mass is 16.2. The zero-order valence-corrected chi connectivity index (χ0v) is 9.63. The van der Waals surface area contributed by atoms with Crippen LogP contribution in [0.5, 0.6) is 0 Å². The monoisotopic (exact) mass is 198 g/mol. The van der Waals surface area contributed by atoms with Gasteiger partial charge in [-0.15, -0.1) is 0 Å². The summed E-state index contributed by atoms with van der Waals surface area (Å²) in [5.74, 6) is 0.669. The van der Waals surface area contributed by atoms with Crippen LogP contribution in [0.2, 0.25) is 0 Å². The Morgan fingerprint density at radius 1 is 1.43 bits per heavy atom. The van der Waals surface area contributed by atoms with E-state index in [-0.39, 0.29) is 17.4 Å². The van der Waals surface area contributed by atoms with Crippen LogP contribution in [-0.4, -0.2) is 18.0 Å². The van der Waals surface area contributed by atoms with Gasteiger partial charge in [-0.2, -0.15) is 0 Å². The summed E-state index contributed by atoms with van der Waals surface area (Å²) in [6, 6.07) is -0.125. The van der Waals surface area contributed by atoms with E-state index in [2.05, 4.69) is 12.2 Å². The maximum Gasteiger partial charge on any atom is 0.237 e. The lowest BCUT2D eigenvalue weighted by Crippen LogP contribution is -2.51. The molecule has 2 atom stereocenters. The Morgan fingerprint density at radius 3 is 2.29 bits per heavy atom. The molecule has 0 aromatic carbocycles. The van der Waals surface area contributed by atoms with Crippen molar-refractivity contribution in [2.75, 3.05) is 0 Å². The Bertz CT molecular complexity index is 216. The van der Waals surface area contributed by atoms with E-state index in [1.54, 1.807) is 0 Å². The Labute approximate surface area is 86.4 Å². The van der Waals surface area contributed by atoms with Gasteiger partial charge in [0.05, 0.1) is 6.04 Å². The molecular weight excluding hydrogens is 176 g/mol. The third-order valence-electron chi connectivity index (χ3n) is 2.91. The Hall–Kier alpha value is -0.570. The molecule has 1 saturated carbocycles. The van der Waals surface area contributed by atoms with Crippen molar-refractivity contribution < 1.29 is 4.79 Å². The fourth-order valence-electron chi connectivity index (χ4n) is 1.42. The van der Waals surface area contributed by atoms with Gasteiger partial charge in [0.2, 0.25) is 5.91 Å². The van der Waals surface area contributed by atoms with Crippen LogP contribution in [0.1, 0.15) is 40.5 Å². The zero-order valence-electron chi connectivity index (χ0n) is 9.63. The number of rotatable bonds is 3. The highest BCUT2D eigenvalue weighted by molar-refractivity contribution is 5.82. The molecule has 0 aromatic heterocycles. The van der Waals surface area contributed by atoms with Crippen LogP contribution in [0.4, 0.5) is 0 Å². The molecule has 14 heavy (non-hydrogen) atoms. The summed E-state index contributed by atoms with van der Waals surface area (Å²) in [6.45, 7) is 8.02. The number of hydrogen-bond donors (Lipinski definition) is 2. The van der Waals surface area contributed by atoms with Crippen LogP contribution in [0.25, 0.3) is 0 Å². The molecule has 0 radical (unpaired) electrons. The van der Waals surface area contributed by atoms with E-state index in [0.29, 0.717) is 5.92 Å². The van der Waals surface area contributed by atoms with Gasteiger partial charge < -0.3 is 11.1 Å². The smallest absolute Gasteiger partial charge is 0.237 e. The first-order chi connectivity index (χ1) is 6.32. The van der Waals surface area contributed by atoms with E-state index in [9.17, 15) is 4.79 Å². The molecule has 0 aromatic rings. The molecule has 0 spiro atoms. The van der Waals surface area contributed by atoms with Gasteiger partial charge in [-0.3, -0.25) is 4.79 Å². The minimum absolute atomic E-state index is 0.0168. The summed E-state index contributed by atoms with van der Waals surface area (Å²) in [5, 5.41) is 2.98. The second-order valence-corrected chi connectivity index (χ2v) is 5.48. The van der Waals surface area contributed by atoms with Gasteiger partial charge >= 0.3 is 0 Å². The van der Waals surface area contributed by atoms with E-state index in [1.165, 1.54) is 12.8 Å². The molecule has 3 N–H and O–H groups in total. The number of carbonyl (C=O) groups excluding carboxylic acids is 1. The maximum atomic E-state index is 11.7. The van der Waals surface area contributed by atoms with Crippen molar-refractivity contribution in [2.45, 2.75) is 52.6 Å². The molecule has 0 bridgehead atoms. The summed E-state index contributed by atoms with van der Waals surface area (Å²) >= 11 is 0. The minimum atomic E-state index is -0.413. The number of nitrogens with two attached hydrogens (primary N) is 1. The second-order valence-electron chi connectivity index (χ2n) is 5.48. The minimum Gasteiger partial charge on any atom is -0.352 e. The molecule has 1 aliphatic carbocycles. The van der Waals surface area contributed by atoms with Crippen LogP contribution in [-0.2, 0) is 4.79 Å². The summed E-state index contributed by atoms with van der Waals surface area (Å²) in [4.78, 5) is 11.7. The third kappa shape index (κ3) is 2.98. The number of nitrogens with one attached hydrogen (secondary N) is 1. The highest BCUT2D eigenvalue weighted by Crippen LogP contribution is 2.32. The van der Waals surface area contributed by atoms with Crippen molar-refractivity contribution in [1.29, 1.82) is 0 Å². The first-order valence-corrected chi connectivity index (χ1v) is 5.38. The third-order valence-corrected chi connectivity index (χ3v) is 2.91. The lowest BCUT2D eigenvalue weighted by Gasteiger charge is -2.27. The topological polar surface area (TPSA) is 55.1 Å². The summed E-state index contributed by atoms with van der Waals surface area (Å²) in [5.41, 5.74) is 5.69.